The van der Waals surface area contributed by atoms with Gasteiger partial charge in [0.15, 0.2) is 0 Å². The van der Waals surface area contributed by atoms with Crippen LogP contribution in [0.2, 0.25) is 0 Å². The van der Waals surface area contributed by atoms with E-state index in [-0.39, 0.29) is 49.5 Å². The van der Waals surface area contributed by atoms with Gasteiger partial charge in [0.25, 0.3) is 0 Å². The molecule has 0 amide bonds. The van der Waals surface area contributed by atoms with E-state index < -0.39 is 0 Å². The number of hydrogen-bond acceptors (Lipinski definition) is 0. The van der Waals surface area contributed by atoms with E-state index >= 15 is 0 Å². The van der Waals surface area contributed by atoms with Gasteiger partial charge in [-0.05, 0) is 61.2 Å². The monoisotopic (exact) mass is 779 g/mol. The molecule has 2 nitrogen and oxygen atoms in total. The number of allylic oxidation sites excluding steroid dienone is 3. The second-order valence-electron chi connectivity index (χ2n) is 8.66. The van der Waals surface area contributed by atoms with Crippen LogP contribution in [0, 0.1) is 175 Å². The molecule has 0 aliphatic carbocycles. The van der Waals surface area contributed by atoms with Gasteiger partial charge >= 0.3 is 0 Å². The predicted molar refractivity (Wildman–Crippen MR) is 179 cm³/mol. The zero-order valence-electron chi connectivity index (χ0n) is 24.6. The van der Waals surface area contributed by atoms with Crippen LogP contribution in [-0.4, -0.2) is 10.3 Å². The summed E-state index contributed by atoms with van der Waals surface area (Å²) >= 11 is 0. The van der Waals surface area contributed by atoms with Gasteiger partial charge in [-0.3, -0.25) is 0 Å². The molecule has 0 aromatic heterocycles. The summed E-state index contributed by atoms with van der Waals surface area (Å²) in [5.41, 5.74) is 3.91. The summed E-state index contributed by atoms with van der Waals surface area (Å²) in [5.74, 6) is 50.9. The minimum Gasteiger partial charge on any atom is -0.664 e. The van der Waals surface area contributed by atoms with Crippen molar-refractivity contribution in [1.82, 2.24) is 0 Å². The van der Waals surface area contributed by atoms with Gasteiger partial charge < -0.3 is 5.32 Å². The smallest absolute Gasteiger partial charge is 0.243 e. The van der Waals surface area contributed by atoms with E-state index in [1.807, 2.05) is 59.2 Å². The first-order valence-corrected chi connectivity index (χ1v) is 13.0. The van der Waals surface area contributed by atoms with Crippen molar-refractivity contribution in [2.45, 2.75) is 19.3 Å². The minimum absolute atomic E-state index is 0. The average Bonchev–Trinajstić information content (AvgIpc) is 3.25. The fraction of sp³-hybridized carbons (Fsp3) is 0.0714. The quantitative estimate of drug-likeness (QED) is 0.223. The molecule has 0 unspecified atom stereocenters. The van der Waals surface area contributed by atoms with Gasteiger partial charge in [-0.2, -0.15) is 6.20 Å². The topological polar surface area (TPSA) is 17.1 Å². The van der Waals surface area contributed by atoms with Gasteiger partial charge in [-0.15, -0.1) is 16.7 Å². The SMILES string of the molecule is C#CC#CC#CC#CC#CC#CC#CC#CC#CC#CC#C[N+]1=C(/C=C/C=C/[N-]c2ccccc2)C(C)(C)c2ccccc21.[Ac]. The van der Waals surface area contributed by atoms with Gasteiger partial charge in [0.05, 0.1) is 11.3 Å². The Morgan fingerprint density at radius 3 is 1.60 bits per heavy atom. The molecule has 0 atom stereocenters. The third kappa shape index (κ3) is 12.4. The molecule has 0 fully saturated rings. The Balaban J connectivity index is 0.00000705. The number of para-hydroxylation sites is 2. The molecule has 1 radical (unpaired) electrons. The summed E-state index contributed by atoms with van der Waals surface area (Å²) in [6, 6.07) is 21.2. The third-order valence-electron chi connectivity index (χ3n) is 5.50. The van der Waals surface area contributed by atoms with Crippen LogP contribution in [0.4, 0.5) is 11.4 Å². The maximum absolute atomic E-state index is 4.96. The van der Waals surface area contributed by atoms with Gasteiger partial charge in [0, 0.05) is 127 Å². The number of benzene rings is 2. The molecule has 0 spiro atoms. The maximum Gasteiger partial charge on any atom is 0.243 e. The largest absolute Gasteiger partial charge is 0.664 e. The van der Waals surface area contributed by atoms with Crippen molar-refractivity contribution in [3.63, 3.8) is 0 Å². The normalized spacial score (nSPS) is 10.2. The van der Waals surface area contributed by atoms with Crippen molar-refractivity contribution in [3.05, 3.63) is 89.9 Å². The second-order valence-corrected chi connectivity index (χ2v) is 8.66. The van der Waals surface area contributed by atoms with Gasteiger partial charge in [-0.25, -0.2) is 0 Å². The predicted octanol–water partition coefficient (Wildman–Crippen LogP) is 5.46. The van der Waals surface area contributed by atoms with E-state index in [1.165, 1.54) is 5.56 Å². The van der Waals surface area contributed by atoms with Gasteiger partial charge in [-0.1, -0.05) is 60.7 Å². The Morgan fingerprint density at radius 2 is 1.07 bits per heavy atom. The van der Waals surface area contributed by atoms with Crippen LogP contribution in [0.5, 0.6) is 0 Å². The van der Waals surface area contributed by atoms with Crippen LogP contribution < -0.4 is 0 Å². The number of fused-ring (bicyclic) bond motifs is 1. The van der Waals surface area contributed by atoms with Crippen molar-refractivity contribution in [2.24, 2.45) is 0 Å². The maximum atomic E-state index is 4.96. The zero-order chi connectivity index (χ0) is 31.1. The molecule has 0 N–H and O–H groups in total. The molecule has 3 rings (SSSR count). The molecule has 0 saturated heterocycles. The number of hydrogen-bond donors (Lipinski definition) is 0. The molecule has 45 heavy (non-hydrogen) atoms. The molecule has 1 heterocycles. The summed E-state index contributed by atoms with van der Waals surface area (Å²) in [6.07, 6.45) is 12.7. The van der Waals surface area contributed by atoms with Crippen molar-refractivity contribution >= 4 is 17.1 Å². The molecular weight excluding hydrogens is 759 g/mol. The summed E-state index contributed by atoms with van der Waals surface area (Å²) in [5, 5.41) is 4.44. The Labute approximate surface area is 303 Å². The average molecular weight is 780 g/mol. The fourth-order valence-electron chi connectivity index (χ4n) is 3.64. The molecular formula is C42H20AcN2. The zero-order valence-corrected chi connectivity index (χ0v) is 29.3. The summed E-state index contributed by atoms with van der Waals surface area (Å²) in [6.45, 7) is 4.35. The number of nitrogens with zero attached hydrogens (tertiary/aromatic N) is 2. The molecule has 0 saturated carbocycles. The fourth-order valence-corrected chi connectivity index (χ4v) is 3.64. The van der Waals surface area contributed by atoms with Crippen LogP contribution in [-0.2, 0) is 5.41 Å². The second kappa shape index (κ2) is 20.8. The van der Waals surface area contributed by atoms with E-state index in [1.54, 1.807) is 6.20 Å². The Morgan fingerprint density at radius 1 is 0.600 bits per heavy atom. The third-order valence-corrected chi connectivity index (χ3v) is 5.50. The molecule has 3 heteroatoms. The van der Waals surface area contributed by atoms with E-state index in [0.717, 1.165) is 17.1 Å². The molecule has 201 valence electrons. The van der Waals surface area contributed by atoms with Crippen LogP contribution in [0.15, 0.2) is 79.0 Å². The Hall–Kier alpha value is -6.01. The summed E-state index contributed by atoms with van der Waals surface area (Å²) in [7, 11) is 0. The van der Waals surface area contributed by atoms with Gasteiger partial charge in [0.1, 0.15) is 0 Å². The van der Waals surface area contributed by atoms with E-state index in [4.69, 9.17) is 6.42 Å². The molecule has 2 aromatic carbocycles. The number of terminal acetylenes is 1. The van der Waals surface area contributed by atoms with Crippen molar-refractivity contribution in [1.29, 1.82) is 0 Å². The Kier molecular flexibility index (Phi) is 16.3. The molecule has 0 bridgehead atoms. The van der Waals surface area contributed by atoms with Crippen LogP contribution in [0.25, 0.3) is 5.32 Å². The first-order chi connectivity index (χ1) is 21.6. The van der Waals surface area contributed by atoms with Crippen molar-refractivity contribution < 1.29 is 48.6 Å². The van der Waals surface area contributed by atoms with Crippen LogP contribution in [0.1, 0.15) is 19.4 Å². The van der Waals surface area contributed by atoms with E-state index in [0.29, 0.717) is 0 Å². The summed E-state index contributed by atoms with van der Waals surface area (Å²) in [4.78, 5) is 0. The first kappa shape index (κ1) is 35.2. The van der Waals surface area contributed by atoms with Crippen molar-refractivity contribution in [3.8, 4) is 131 Å². The minimum atomic E-state index is -0.241. The van der Waals surface area contributed by atoms with Gasteiger partial charge in [0.2, 0.25) is 17.4 Å². The van der Waals surface area contributed by atoms with Crippen LogP contribution in [0.3, 0.4) is 0 Å². The molecule has 1 aliphatic rings. The van der Waals surface area contributed by atoms with E-state index in [2.05, 4.69) is 162 Å². The Bertz CT molecular complexity index is 2220. The van der Waals surface area contributed by atoms with Crippen molar-refractivity contribution in [2.75, 3.05) is 0 Å². The molecule has 1 aliphatic heterocycles. The summed E-state index contributed by atoms with van der Waals surface area (Å²) < 4.78 is 1.97. The first-order valence-electron chi connectivity index (χ1n) is 13.0. The number of rotatable bonds is 4. The molecule has 2 aromatic rings. The standard InChI is InChI=1S/C42H20N2.Ac/c1-4-5-6-7-8-9-10-11-12-13-14-15-16-17-18-19-20-21-22-30-37-44-40-34-27-26-33-39(40)42(2,3)41(44)35-28-29-36-43-38-31-24-23-25-32-38;/h1,23-29,31-36H,2-3H3;. The van der Waals surface area contributed by atoms with E-state index in [9.17, 15) is 0 Å². The van der Waals surface area contributed by atoms with Crippen LogP contribution >= 0.6 is 0 Å².